The molecule has 5 nitrogen and oxygen atoms in total. The lowest BCUT2D eigenvalue weighted by Crippen LogP contribution is -3.12. The van der Waals surface area contributed by atoms with Gasteiger partial charge in [-0.2, -0.15) is 0 Å². The van der Waals surface area contributed by atoms with Crippen LogP contribution in [0.2, 0.25) is 10.0 Å². The first-order valence-corrected chi connectivity index (χ1v) is 9.14. The molecule has 2 heterocycles. The summed E-state index contributed by atoms with van der Waals surface area (Å²) in [5.74, 6) is -0.260. The standard InChI is InChI=1S/C18H19Cl2NO4/c1-2-24-18(23)11-4-3-5-21(8-11)9-12-10-25-17-14(16(12)22)6-13(19)7-15(17)20/h6-7,10-11H,2-5,8-9H2,1H3/p+1/t11-/m1/s1. The van der Waals surface area contributed by atoms with Gasteiger partial charge in [-0.1, -0.05) is 23.2 Å². The van der Waals surface area contributed by atoms with Crippen LogP contribution in [-0.4, -0.2) is 25.7 Å². The van der Waals surface area contributed by atoms with Crippen LogP contribution in [0, 0.1) is 5.92 Å². The molecule has 1 aliphatic heterocycles. The number of esters is 1. The third kappa shape index (κ3) is 4.00. The van der Waals surface area contributed by atoms with Crippen molar-refractivity contribution in [3.05, 3.63) is 44.2 Å². The summed E-state index contributed by atoms with van der Waals surface area (Å²) in [7, 11) is 0. The minimum Gasteiger partial charge on any atom is -0.466 e. The first kappa shape index (κ1) is 18.2. The highest BCUT2D eigenvalue weighted by atomic mass is 35.5. The number of hydrogen-bond donors (Lipinski definition) is 1. The molecule has 134 valence electrons. The van der Waals surface area contributed by atoms with Gasteiger partial charge in [0.1, 0.15) is 18.7 Å². The molecule has 1 aromatic heterocycles. The molecule has 2 atom stereocenters. The third-order valence-corrected chi connectivity index (χ3v) is 5.04. The summed E-state index contributed by atoms with van der Waals surface area (Å²) in [5, 5.41) is 1.10. The molecule has 0 aliphatic carbocycles. The van der Waals surface area contributed by atoms with Gasteiger partial charge in [0.2, 0.25) is 5.43 Å². The Morgan fingerprint density at radius 1 is 1.40 bits per heavy atom. The zero-order valence-electron chi connectivity index (χ0n) is 13.9. The number of benzene rings is 1. The number of rotatable bonds is 4. The Hall–Kier alpha value is -1.56. The zero-order chi connectivity index (χ0) is 18.0. The van der Waals surface area contributed by atoms with Crippen LogP contribution >= 0.6 is 23.2 Å². The second-order valence-corrected chi connectivity index (χ2v) is 7.17. The first-order chi connectivity index (χ1) is 12.0. The van der Waals surface area contributed by atoms with Gasteiger partial charge in [-0.3, -0.25) is 9.59 Å². The van der Waals surface area contributed by atoms with Crippen LogP contribution < -0.4 is 10.3 Å². The van der Waals surface area contributed by atoms with E-state index < -0.39 is 0 Å². The van der Waals surface area contributed by atoms with Crippen LogP contribution in [0.3, 0.4) is 0 Å². The van der Waals surface area contributed by atoms with Gasteiger partial charge in [0.05, 0.1) is 35.7 Å². The molecule has 0 radical (unpaired) electrons. The smallest absolute Gasteiger partial charge is 0.314 e. The van der Waals surface area contributed by atoms with E-state index in [1.54, 1.807) is 12.1 Å². The minimum atomic E-state index is -0.149. The fourth-order valence-electron chi connectivity index (χ4n) is 3.37. The quantitative estimate of drug-likeness (QED) is 0.822. The predicted octanol–water partition coefficient (Wildman–Crippen LogP) is 2.46. The molecule has 1 N–H and O–H groups in total. The van der Waals surface area contributed by atoms with Gasteiger partial charge >= 0.3 is 5.97 Å². The molecular formula is C18H20Cl2NO4+. The monoisotopic (exact) mass is 384 g/mol. The molecule has 0 amide bonds. The van der Waals surface area contributed by atoms with E-state index in [4.69, 9.17) is 32.4 Å². The fourth-order valence-corrected chi connectivity index (χ4v) is 3.91. The van der Waals surface area contributed by atoms with E-state index in [-0.39, 0.29) is 17.3 Å². The summed E-state index contributed by atoms with van der Waals surface area (Å²) in [4.78, 5) is 25.9. The van der Waals surface area contributed by atoms with E-state index in [0.29, 0.717) is 46.3 Å². The average molecular weight is 385 g/mol. The molecule has 1 saturated heterocycles. The molecule has 1 aromatic carbocycles. The van der Waals surface area contributed by atoms with E-state index in [1.165, 1.54) is 11.2 Å². The van der Waals surface area contributed by atoms with Crippen LogP contribution in [0.15, 0.2) is 27.6 Å². The van der Waals surface area contributed by atoms with E-state index >= 15 is 0 Å². The number of hydrogen-bond acceptors (Lipinski definition) is 4. The van der Waals surface area contributed by atoms with Crippen molar-refractivity contribution in [1.29, 1.82) is 0 Å². The van der Waals surface area contributed by atoms with Crippen molar-refractivity contribution in [1.82, 2.24) is 0 Å². The molecule has 2 aromatic rings. The summed E-state index contributed by atoms with van der Waals surface area (Å²) < 4.78 is 10.7. The lowest BCUT2D eigenvalue weighted by atomic mass is 9.98. The second-order valence-electron chi connectivity index (χ2n) is 6.33. The Morgan fingerprint density at radius 2 is 2.20 bits per heavy atom. The normalized spacial score (nSPS) is 20.6. The average Bonchev–Trinajstić information content (AvgIpc) is 2.58. The molecule has 25 heavy (non-hydrogen) atoms. The van der Waals surface area contributed by atoms with Gasteiger partial charge in [-0.05, 0) is 31.9 Å². The zero-order valence-corrected chi connectivity index (χ0v) is 15.5. The van der Waals surface area contributed by atoms with Crippen LogP contribution in [0.4, 0.5) is 0 Å². The summed E-state index contributed by atoms with van der Waals surface area (Å²) in [6, 6.07) is 3.12. The number of carbonyl (C=O) groups is 1. The molecule has 7 heteroatoms. The molecular weight excluding hydrogens is 365 g/mol. The highest BCUT2D eigenvalue weighted by Gasteiger charge is 2.30. The first-order valence-electron chi connectivity index (χ1n) is 8.39. The summed E-state index contributed by atoms with van der Waals surface area (Å²) in [6.45, 7) is 4.26. The van der Waals surface area contributed by atoms with Crippen LogP contribution in [-0.2, 0) is 16.1 Å². The molecule has 0 spiro atoms. The maximum absolute atomic E-state index is 12.7. The molecule has 1 unspecified atom stereocenters. The van der Waals surface area contributed by atoms with Crippen molar-refractivity contribution in [3.63, 3.8) is 0 Å². The van der Waals surface area contributed by atoms with Crippen molar-refractivity contribution in [2.45, 2.75) is 26.3 Å². The number of piperidine rings is 1. The highest BCUT2D eigenvalue weighted by Crippen LogP contribution is 2.26. The van der Waals surface area contributed by atoms with Gasteiger partial charge in [-0.25, -0.2) is 0 Å². The van der Waals surface area contributed by atoms with E-state index in [1.807, 2.05) is 6.92 Å². The third-order valence-electron chi connectivity index (χ3n) is 4.54. The van der Waals surface area contributed by atoms with Gasteiger partial charge < -0.3 is 14.1 Å². The maximum atomic E-state index is 12.7. The largest absolute Gasteiger partial charge is 0.466 e. The van der Waals surface area contributed by atoms with E-state index in [2.05, 4.69) is 0 Å². The van der Waals surface area contributed by atoms with Gasteiger partial charge in [0.15, 0.2) is 5.58 Å². The summed E-state index contributed by atoms with van der Waals surface area (Å²) >= 11 is 12.1. The highest BCUT2D eigenvalue weighted by molar-refractivity contribution is 6.38. The Labute approximate surface area is 155 Å². The van der Waals surface area contributed by atoms with Crippen molar-refractivity contribution in [2.75, 3.05) is 19.7 Å². The van der Waals surface area contributed by atoms with Crippen LogP contribution in [0.1, 0.15) is 25.3 Å². The fraction of sp³-hybridized carbons (Fsp3) is 0.444. The second kappa shape index (κ2) is 7.77. The van der Waals surface area contributed by atoms with E-state index in [9.17, 15) is 9.59 Å². The van der Waals surface area contributed by atoms with Crippen molar-refractivity contribution in [2.24, 2.45) is 5.92 Å². The number of halogens is 2. The SMILES string of the molecule is CCOC(=O)[C@@H]1CCC[NH+](Cc2coc3c(Cl)cc(Cl)cc3c2=O)C1. The Balaban J connectivity index is 1.82. The number of carbonyl (C=O) groups excluding carboxylic acids is 1. The van der Waals surface area contributed by atoms with Crippen molar-refractivity contribution >= 4 is 40.1 Å². The summed E-state index contributed by atoms with van der Waals surface area (Å²) in [6.07, 6.45) is 3.22. The number of likely N-dealkylation sites (tertiary alicyclic amines) is 1. The van der Waals surface area contributed by atoms with Crippen molar-refractivity contribution < 1.29 is 18.8 Å². The molecule has 0 bridgehead atoms. The van der Waals surface area contributed by atoms with Gasteiger partial charge in [0, 0.05) is 5.02 Å². The van der Waals surface area contributed by atoms with Crippen molar-refractivity contribution in [3.8, 4) is 0 Å². The molecule has 1 fully saturated rings. The lowest BCUT2D eigenvalue weighted by Gasteiger charge is -2.28. The van der Waals surface area contributed by atoms with Crippen LogP contribution in [0.5, 0.6) is 0 Å². The van der Waals surface area contributed by atoms with E-state index in [0.717, 1.165) is 19.4 Å². The number of nitrogens with one attached hydrogen (secondary N) is 1. The lowest BCUT2D eigenvalue weighted by molar-refractivity contribution is -0.921. The number of fused-ring (bicyclic) bond motifs is 1. The Bertz CT molecular complexity index is 849. The topological polar surface area (TPSA) is 61.0 Å². The number of quaternary nitrogens is 1. The predicted molar refractivity (Wildman–Crippen MR) is 96.3 cm³/mol. The van der Waals surface area contributed by atoms with Gasteiger partial charge in [0.25, 0.3) is 0 Å². The maximum Gasteiger partial charge on any atom is 0.314 e. The minimum absolute atomic E-state index is 0.111. The molecule has 3 rings (SSSR count). The number of ether oxygens (including phenoxy) is 1. The van der Waals surface area contributed by atoms with Gasteiger partial charge in [-0.15, -0.1) is 0 Å². The molecule has 1 aliphatic rings. The Morgan fingerprint density at radius 3 is 2.96 bits per heavy atom. The Kier molecular flexibility index (Phi) is 5.67. The molecule has 0 saturated carbocycles. The van der Waals surface area contributed by atoms with Crippen LogP contribution in [0.25, 0.3) is 11.0 Å². The summed E-state index contributed by atoms with van der Waals surface area (Å²) in [5.41, 5.74) is 0.777.